The normalized spacial score (nSPS) is 21.2. The van der Waals surface area contributed by atoms with Gasteiger partial charge in [0.15, 0.2) is 0 Å². The van der Waals surface area contributed by atoms with Crippen molar-refractivity contribution in [1.82, 2.24) is 4.31 Å². The highest BCUT2D eigenvalue weighted by atomic mass is 35.5. The maximum absolute atomic E-state index is 11.8. The minimum atomic E-state index is -3.10. The lowest BCUT2D eigenvalue weighted by Crippen LogP contribution is -2.42. The average Bonchev–Trinajstić information content (AvgIpc) is 2.16. The predicted octanol–water partition coefficient (Wildman–Crippen LogP) is 2.31. The number of nitrogens with zero attached hydrogens (tertiary/aromatic N) is 1. The van der Waals surface area contributed by atoms with Gasteiger partial charge in [-0.05, 0) is 24.2 Å². The number of rotatable bonds is 3. The van der Waals surface area contributed by atoms with Gasteiger partial charge in [0.2, 0.25) is 10.0 Å². The highest BCUT2D eigenvalue weighted by Gasteiger charge is 2.32. The Morgan fingerprint density at radius 2 is 1.75 bits per heavy atom. The number of alkyl halides is 1. The molecule has 0 aromatic heterocycles. The summed E-state index contributed by atoms with van der Waals surface area (Å²) in [5, 5.41) is 0. The van der Waals surface area contributed by atoms with Gasteiger partial charge in [0, 0.05) is 19.0 Å². The summed E-state index contributed by atoms with van der Waals surface area (Å²) in [6.07, 6.45) is 1.93. The minimum Gasteiger partial charge on any atom is -0.212 e. The molecular weight excluding hydrogens is 246 g/mol. The third-order valence-corrected chi connectivity index (χ3v) is 5.69. The van der Waals surface area contributed by atoms with Gasteiger partial charge in [-0.3, -0.25) is 0 Å². The summed E-state index contributed by atoms with van der Waals surface area (Å²) in [6, 6.07) is 0. The van der Waals surface area contributed by atoms with Crippen molar-refractivity contribution in [1.29, 1.82) is 0 Å². The van der Waals surface area contributed by atoms with E-state index in [1.165, 1.54) is 0 Å². The molecule has 1 aliphatic rings. The van der Waals surface area contributed by atoms with Crippen LogP contribution in [-0.4, -0.2) is 37.4 Å². The van der Waals surface area contributed by atoms with Crippen molar-refractivity contribution in [2.45, 2.75) is 33.6 Å². The zero-order valence-corrected chi connectivity index (χ0v) is 11.9. The first kappa shape index (κ1) is 14.3. The highest BCUT2D eigenvalue weighted by molar-refractivity contribution is 7.89. The molecule has 1 fully saturated rings. The fourth-order valence-corrected chi connectivity index (χ4v) is 4.03. The summed E-state index contributed by atoms with van der Waals surface area (Å²) in [4.78, 5) is 0. The standard InChI is InChI=1S/C11H22ClNO2S/c1-11(2,3)10-4-7-13(8-5-10)16(14,15)9-6-12/h10H,4-9H2,1-3H3. The third-order valence-electron chi connectivity index (χ3n) is 3.41. The number of hydrogen-bond donors (Lipinski definition) is 0. The Morgan fingerprint density at radius 1 is 1.25 bits per heavy atom. The minimum absolute atomic E-state index is 0.0642. The van der Waals surface area contributed by atoms with Crippen LogP contribution in [-0.2, 0) is 10.0 Å². The van der Waals surface area contributed by atoms with Crippen molar-refractivity contribution in [2.75, 3.05) is 24.7 Å². The van der Waals surface area contributed by atoms with Gasteiger partial charge in [0.1, 0.15) is 0 Å². The van der Waals surface area contributed by atoms with E-state index >= 15 is 0 Å². The Morgan fingerprint density at radius 3 is 2.12 bits per heavy atom. The first-order valence-electron chi connectivity index (χ1n) is 5.81. The SMILES string of the molecule is CC(C)(C)C1CCN(S(=O)(=O)CCCl)CC1. The fourth-order valence-electron chi connectivity index (χ4n) is 2.23. The second-order valence-electron chi connectivity index (χ2n) is 5.54. The van der Waals surface area contributed by atoms with Crippen molar-refractivity contribution in [3.05, 3.63) is 0 Å². The molecule has 1 aliphatic heterocycles. The number of piperidine rings is 1. The van der Waals surface area contributed by atoms with Crippen LogP contribution in [0, 0.1) is 11.3 Å². The molecule has 0 N–H and O–H groups in total. The molecular formula is C11H22ClNO2S. The van der Waals surface area contributed by atoms with Gasteiger partial charge in [-0.1, -0.05) is 20.8 Å². The second-order valence-corrected chi connectivity index (χ2v) is 8.01. The highest BCUT2D eigenvalue weighted by Crippen LogP contribution is 2.34. The van der Waals surface area contributed by atoms with E-state index in [0.29, 0.717) is 19.0 Å². The smallest absolute Gasteiger partial charge is 0.212 e. The molecule has 0 atom stereocenters. The van der Waals surface area contributed by atoms with Crippen LogP contribution in [0.15, 0.2) is 0 Å². The molecule has 1 heterocycles. The number of hydrogen-bond acceptors (Lipinski definition) is 2. The summed E-state index contributed by atoms with van der Waals surface area (Å²) >= 11 is 5.50. The van der Waals surface area contributed by atoms with E-state index in [2.05, 4.69) is 20.8 Å². The molecule has 0 aromatic rings. The van der Waals surface area contributed by atoms with E-state index in [1.54, 1.807) is 4.31 Å². The van der Waals surface area contributed by atoms with Gasteiger partial charge in [-0.2, -0.15) is 0 Å². The van der Waals surface area contributed by atoms with Crippen LogP contribution in [0.5, 0.6) is 0 Å². The van der Waals surface area contributed by atoms with E-state index in [9.17, 15) is 8.42 Å². The Kier molecular flexibility index (Phi) is 4.66. The van der Waals surface area contributed by atoms with Crippen LogP contribution in [0.2, 0.25) is 0 Å². The molecule has 0 aliphatic carbocycles. The molecule has 0 aromatic carbocycles. The van der Waals surface area contributed by atoms with Crippen LogP contribution in [0.1, 0.15) is 33.6 Å². The molecule has 3 nitrogen and oxygen atoms in total. The molecule has 0 bridgehead atoms. The van der Waals surface area contributed by atoms with Crippen molar-refractivity contribution in [3.63, 3.8) is 0 Å². The third kappa shape index (κ3) is 3.60. The van der Waals surface area contributed by atoms with Crippen LogP contribution in [0.25, 0.3) is 0 Å². The molecule has 0 spiro atoms. The first-order chi connectivity index (χ1) is 7.27. The molecule has 1 saturated heterocycles. The molecule has 0 radical (unpaired) electrons. The largest absolute Gasteiger partial charge is 0.215 e. The molecule has 0 unspecified atom stereocenters. The molecule has 5 heteroatoms. The second kappa shape index (κ2) is 5.23. The van der Waals surface area contributed by atoms with Crippen LogP contribution in [0.3, 0.4) is 0 Å². The lowest BCUT2D eigenvalue weighted by Gasteiger charge is -2.38. The zero-order valence-electron chi connectivity index (χ0n) is 10.4. The number of sulfonamides is 1. The van der Waals surface area contributed by atoms with Crippen molar-refractivity contribution in [2.24, 2.45) is 11.3 Å². The molecule has 16 heavy (non-hydrogen) atoms. The molecule has 0 saturated carbocycles. The Bertz CT molecular complexity index is 313. The Balaban J connectivity index is 2.56. The zero-order chi connectivity index (χ0) is 12.4. The van der Waals surface area contributed by atoms with Crippen molar-refractivity contribution >= 4 is 21.6 Å². The molecule has 1 rings (SSSR count). The summed E-state index contributed by atoms with van der Waals surface area (Å²) in [6.45, 7) is 7.98. The van der Waals surface area contributed by atoms with Gasteiger partial charge in [0.25, 0.3) is 0 Å². The van der Waals surface area contributed by atoms with Crippen molar-refractivity contribution < 1.29 is 8.42 Å². The van der Waals surface area contributed by atoms with Gasteiger partial charge >= 0.3 is 0 Å². The molecule has 0 amide bonds. The first-order valence-corrected chi connectivity index (χ1v) is 7.95. The summed E-state index contributed by atoms with van der Waals surface area (Å²) in [5.74, 6) is 0.867. The quantitative estimate of drug-likeness (QED) is 0.736. The summed E-state index contributed by atoms with van der Waals surface area (Å²) in [5.41, 5.74) is 0.280. The van der Waals surface area contributed by atoms with E-state index in [4.69, 9.17) is 11.6 Å². The maximum atomic E-state index is 11.8. The maximum Gasteiger partial charge on any atom is 0.215 e. The Labute approximate surface area is 104 Å². The predicted molar refractivity (Wildman–Crippen MR) is 68.3 cm³/mol. The van der Waals surface area contributed by atoms with Gasteiger partial charge in [0.05, 0.1) is 5.75 Å². The molecule has 96 valence electrons. The van der Waals surface area contributed by atoms with E-state index in [0.717, 1.165) is 12.8 Å². The number of halogens is 1. The Hall–Kier alpha value is 0.200. The van der Waals surface area contributed by atoms with Gasteiger partial charge < -0.3 is 0 Å². The van der Waals surface area contributed by atoms with Gasteiger partial charge in [-0.25, -0.2) is 12.7 Å². The average molecular weight is 268 g/mol. The fraction of sp³-hybridized carbons (Fsp3) is 1.00. The van der Waals surface area contributed by atoms with Gasteiger partial charge in [-0.15, -0.1) is 11.6 Å². The topological polar surface area (TPSA) is 37.4 Å². The summed E-state index contributed by atoms with van der Waals surface area (Å²) < 4.78 is 25.2. The van der Waals surface area contributed by atoms with Crippen LogP contribution >= 0.6 is 11.6 Å². The van der Waals surface area contributed by atoms with Crippen LogP contribution in [0.4, 0.5) is 0 Å². The van der Waals surface area contributed by atoms with Crippen molar-refractivity contribution in [3.8, 4) is 0 Å². The van der Waals surface area contributed by atoms with E-state index in [1.807, 2.05) is 0 Å². The van der Waals surface area contributed by atoms with Crippen LogP contribution < -0.4 is 0 Å². The lowest BCUT2D eigenvalue weighted by atomic mass is 9.76. The monoisotopic (exact) mass is 267 g/mol. The lowest BCUT2D eigenvalue weighted by molar-refractivity contribution is 0.154. The summed E-state index contributed by atoms with van der Waals surface area (Å²) in [7, 11) is -3.10. The van der Waals surface area contributed by atoms with E-state index < -0.39 is 10.0 Å². The van der Waals surface area contributed by atoms with E-state index in [-0.39, 0.29) is 17.0 Å².